The minimum absolute atomic E-state index is 0.0242. The molecule has 1 aromatic carbocycles. The lowest BCUT2D eigenvalue weighted by Crippen LogP contribution is -2.32. The highest BCUT2D eigenvalue weighted by Gasteiger charge is 2.16. The van der Waals surface area contributed by atoms with Crippen molar-refractivity contribution >= 4 is 17.5 Å². The molecule has 4 nitrogen and oxygen atoms in total. The molecule has 0 aliphatic rings. The smallest absolute Gasteiger partial charge is 0.254 e. The van der Waals surface area contributed by atoms with Gasteiger partial charge in [-0.25, -0.2) is 9.37 Å². The molecule has 1 amide bonds. The highest BCUT2D eigenvalue weighted by atomic mass is 35.5. The van der Waals surface area contributed by atoms with Gasteiger partial charge in [-0.2, -0.15) is 0 Å². The molecule has 6 heteroatoms. The van der Waals surface area contributed by atoms with Gasteiger partial charge in [0, 0.05) is 12.6 Å². The number of nitrogens with zero attached hydrogens (tertiary/aromatic N) is 1. The molecule has 0 unspecified atom stereocenters. The van der Waals surface area contributed by atoms with Crippen molar-refractivity contribution in [2.24, 2.45) is 5.41 Å². The van der Waals surface area contributed by atoms with Crippen LogP contribution in [-0.4, -0.2) is 17.4 Å². The van der Waals surface area contributed by atoms with E-state index in [9.17, 15) is 9.18 Å². The summed E-state index contributed by atoms with van der Waals surface area (Å²) in [6, 6.07) is 9.24. The van der Waals surface area contributed by atoms with E-state index < -0.39 is 0 Å². The molecule has 0 atom stereocenters. The van der Waals surface area contributed by atoms with Gasteiger partial charge in [-0.1, -0.05) is 44.5 Å². The number of carbonyl (C=O) groups excluding carboxylic acids is 1. The number of hydrogen-bond acceptors (Lipinski definition) is 3. The molecule has 0 bridgehead atoms. The van der Waals surface area contributed by atoms with E-state index in [1.165, 1.54) is 12.1 Å². The van der Waals surface area contributed by atoms with Crippen LogP contribution in [0.4, 0.5) is 4.39 Å². The molecule has 2 aromatic rings. The zero-order valence-electron chi connectivity index (χ0n) is 13.9. The maximum Gasteiger partial charge on any atom is 0.254 e. The van der Waals surface area contributed by atoms with E-state index in [1.54, 1.807) is 24.3 Å². The van der Waals surface area contributed by atoms with Crippen LogP contribution in [0.25, 0.3) is 0 Å². The molecule has 2 rings (SSSR count). The molecule has 128 valence electrons. The van der Waals surface area contributed by atoms with Crippen LogP contribution in [0.1, 0.15) is 36.7 Å². The largest absolute Gasteiger partial charge is 0.473 e. The SMILES string of the molecule is CC(C)(C)CNC(=O)c1ccc(OCc2cccc(F)c2)nc1Cl. The first kappa shape index (κ1) is 18.2. The Balaban J connectivity index is 2.00. The van der Waals surface area contributed by atoms with E-state index in [2.05, 4.69) is 10.3 Å². The van der Waals surface area contributed by atoms with Gasteiger partial charge in [0.2, 0.25) is 5.88 Å². The fraction of sp³-hybridized carbons (Fsp3) is 0.333. The zero-order valence-corrected chi connectivity index (χ0v) is 14.7. The third kappa shape index (κ3) is 5.49. The summed E-state index contributed by atoms with van der Waals surface area (Å²) in [6.07, 6.45) is 0. The minimum atomic E-state index is -0.326. The molecular weight excluding hydrogens is 331 g/mol. The topological polar surface area (TPSA) is 51.2 Å². The van der Waals surface area contributed by atoms with Crippen molar-refractivity contribution in [3.8, 4) is 5.88 Å². The maximum absolute atomic E-state index is 13.1. The Morgan fingerprint density at radius 2 is 2.04 bits per heavy atom. The van der Waals surface area contributed by atoms with Crippen molar-refractivity contribution in [2.75, 3.05) is 6.54 Å². The zero-order chi connectivity index (χ0) is 17.7. The standard InChI is InChI=1S/C18H20ClFN2O2/c1-18(2,3)11-21-17(23)14-7-8-15(22-16(14)19)24-10-12-5-4-6-13(20)9-12/h4-9H,10-11H2,1-3H3,(H,21,23). The Hall–Kier alpha value is -2.14. The molecule has 1 N–H and O–H groups in total. The molecule has 0 fully saturated rings. The molecule has 24 heavy (non-hydrogen) atoms. The van der Waals surface area contributed by atoms with Crippen molar-refractivity contribution in [3.05, 3.63) is 58.5 Å². The molecule has 0 aliphatic carbocycles. The van der Waals surface area contributed by atoms with Gasteiger partial charge in [-0.3, -0.25) is 4.79 Å². The third-order valence-electron chi connectivity index (χ3n) is 3.12. The second kappa shape index (κ2) is 7.62. The number of nitrogens with one attached hydrogen (secondary N) is 1. The Labute approximate surface area is 146 Å². The second-order valence-corrected chi connectivity index (χ2v) is 7.01. The Kier molecular flexibility index (Phi) is 5.78. The summed E-state index contributed by atoms with van der Waals surface area (Å²) in [4.78, 5) is 16.2. The first-order chi connectivity index (χ1) is 11.2. The average Bonchev–Trinajstić information content (AvgIpc) is 2.50. The minimum Gasteiger partial charge on any atom is -0.473 e. The van der Waals surface area contributed by atoms with E-state index >= 15 is 0 Å². The van der Waals surface area contributed by atoms with Crippen molar-refractivity contribution in [1.29, 1.82) is 0 Å². The van der Waals surface area contributed by atoms with Gasteiger partial charge in [-0.05, 0) is 29.2 Å². The summed E-state index contributed by atoms with van der Waals surface area (Å²) < 4.78 is 18.6. The summed E-state index contributed by atoms with van der Waals surface area (Å²) in [5, 5.41) is 2.89. The van der Waals surface area contributed by atoms with Crippen LogP contribution in [-0.2, 0) is 6.61 Å². The number of halogens is 2. The quantitative estimate of drug-likeness (QED) is 0.821. The van der Waals surface area contributed by atoms with Crippen molar-refractivity contribution in [2.45, 2.75) is 27.4 Å². The lowest BCUT2D eigenvalue weighted by molar-refractivity contribution is 0.0939. The average molecular weight is 351 g/mol. The number of rotatable bonds is 5. The van der Waals surface area contributed by atoms with E-state index in [4.69, 9.17) is 16.3 Å². The number of amides is 1. The number of pyridine rings is 1. The van der Waals surface area contributed by atoms with Crippen LogP contribution in [0.15, 0.2) is 36.4 Å². The van der Waals surface area contributed by atoms with Gasteiger partial charge in [0.15, 0.2) is 0 Å². The first-order valence-corrected chi connectivity index (χ1v) is 7.94. The number of benzene rings is 1. The summed E-state index contributed by atoms with van der Waals surface area (Å²) in [7, 11) is 0. The lowest BCUT2D eigenvalue weighted by atomic mass is 9.97. The summed E-state index contributed by atoms with van der Waals surface area (Å²) in [5.41, 5.74) is 0.947. The molecular formula is C18H20ClFN2O2. The third-order valence-corrected chi connectivity index (χ3v) is 3.41. The number of carbonyl (C=O) groups is 1. The fourth-order valence-corrected chi connectivity index (χ4v) is 2.12. The molecule has 1 aromatic heterocycles. The molecule has 0 aliphatic heterocycles. The number of ether oxygens (including phenoxy) is 1. The van der Waals surface area contributed by atoms with Gasteiger partial charge >= 0.3 is 0 Å². The number of aromatic nitrogens is 1. The monoisotopic (exact) mass is 350 g/mol. The van der Waals surface area contributed by atoms with E-state index in [1.807, 2.05) is 20.8 Å². The van der Waals surface area contributed by atoms with Gasteiger partial charge in [-0.15, -0.1) is 0 Å². The van der Waals surface area contributed by atoms with Gasteiger partial charge in [0.05, 0.1) is 5.56 Å². The fourth-order valence-electron chi connectivity index (χ4n) is 1.89. The van der Waals surface area contributed by atoms with Crippen LogP contribution >= 0.6 is 11.6 Å². The Morgan fingerprint density at radius 1 is 1.29 bits per heavy atom. The lowest BCUT2D eigenvalue weighted by Gasteiger charge is -2.18. The highest BCUT2D eigenvalue weighted by molar-refractivity contribution is 6.32. The van der Waals surface area contributed by atoms with Crippen LogP contribution in [0.3, 0.4) is 0 Å². The van der Waals surface area contributed by atoms with Crippen molar-refractivity contribution in [3.63, 3.8) is 0 Å². The van der Waals surface area contributed by atoms with E-state index in [0.717, 1.165) is 0 Å². The van der Waals surface area contributed by atoms with E-state index in [-0.39, 0.29) is 34.8 Å². The molecule has 0 saturated carbocycles. The second-order valence-electron chi connectivity index (χ2n) is 6.65. The summed E-state index contributed by atoms with van der Waals surface area (Å²) >= 11 is 6.07. The molecule has 0 saturated heterocycles. The maximum atomic E-state index is 13.1. The molecule has 0 spiro atoms. The van der Waals surface area contributed by atoms with Gasteiger partial charge in [0.25, 0.3) is 5.91 Å². The van der Waals surface area contributed by atoms with Crippen LogP contribution in [0.2, 0.25) is 5.15 Å². The van der Waals surface area contributed by atoms with Crippen LogP contribution in [0.5, 0.6) is 5.88 Å². The Morgan fingerprint density at radius 3 is 2.67 bits per heavy atom. The summed E-state index contributed by atoms with van der Waals surface area (Å²) in [6.45, 7) is 6.76. The van der Waals surface area contributed by atoms with Crippen LogP contribution < -0.4 is 10.1 Å². The Bertz CT molecular complexity index is 729. The highest BCUT2D eigenvalue weighted by Crippen LogP contribution is 2.19. The van der Waals surface area contributed by atoms with Gasteiger partial charge < -0.3 is 10.1 Å². The predicted octanol–water partition coefficient (Wildman–Crippen LogP) is 4.23. The normalized spacial score (nSPS) is 11.2. The molecule has 1 heterocycles. The summed E-state index contributed by atoms with van der Waals surface area (Å²) in [5.74, 6) is -0.330. The van der Waals surface area contributed by atoms with Crippen molar-refractivity contribution in [1.82, 2.24) is 10.3 Å². The van der Waals surface area contributed by atoms with E-state index in [0.29, 0.717) is 17.7 Å². The van der Waals surface area contributed by atoms with Crippen LogP contribution in [0, 0.1) is 11.2 Å². The van der Waals surface area contributed by atoms with Gasteiger partial charge in [0.1, 0.15) is 17.6 Å². The molecule has 0 radical (unpaired) electrons. The first-order valence-electron chi connectivity index (χ1n) is 7.56. The number of hydrogen-bond donors (Lipinski definition) is 1. The van der Waals surface area contributed by atoms with Crippen molar-refractivity contribution < 1.29 is 13.9 Å². The predicted molar refractivity (Wildman–Crippen MR) is 91.8 cm³/mol.